The zero-order valence-electron chi connectivity index (χ0n) is 9.57. The number of oxime groups is 1. The lowest BCUT2D eigenvalue weighted by Gasteiger charge is -2.02. The van der Waals surface area contributed by atoms with Gasteiger partial charge in [-0.25, -0.2) is 4.79 Å². The van der Waals surface area contributed by atoms with Gasteiger partial charge in [0.1, 0.15) is 0 Å². The Morgan fingerprint density at radius 1 is 1.25 bits per heavy atom. The number of aryl methyl sites for hydroxylation is 2. The summed E-state index contributed by atoms with van der Waals surface area (Å²) in [6.07, 6.45) is 1.82. The molecule has 0 amide bonds. The summed E-state index contributed by atoms with van der Waals surface area (Å²) in [5.41, 5.74) is 4.53. The zero-order chi connectivity index (χ0) is 11.7. The molecule has 0 fully saturated rings. The van der Waals surface area contributed by atoms with Crippen molar-refractivity contribution in [1.29, 1.82) is 0 Å². The van der Waals surface area contributed by atoms with E-state index in [1.54, 1.807) is 6.92 Å². The Hall–Kier alpha value is -1.90. The maximum absolute atomic E-state index is 11.4. The fourth-order valence-corrected chi connectivity index (χ4v) is 1.66. The molecule has 0 N–H and O–H groups in total. The van der Waals surface area contributed by atoms with E-state index in [4.69, 9.17) is 0 Å². The topological polar surface area (TPSA) is 38.7 Å². The summed E-state index contributed by atoms with van der Waals surface area (Å²) in [6.45, 7) is 5.83. The van der Waals surface area contributed by atoms with Crippen molar-refractivity contribution in [2.24, 2.45) is 5.16 Å². The monoisotopic (exact) mass is 215 g/mol. The normalized spacial score (nSPS) is 17.6. The summed E-state index contributed by atoms with van der Waals surface area (Å²) in [5.74, 6) is -0.377. The Bertz CT molecular complexity index is 513. The van der Waals surface area contributed by atoms with Crippen LogP contribution < -0.4 is 0 Å². The lowest BCUT2D eigenvalue weighted by molar-refractivity contribution is -0.136. The molecule has 1 heterocycles. The number of carbonyl (C=O) groups is 1. The van der Waals surface area contributed by atoms with Crippen LogP contribution in [-0.2, 0) is 9.63 Å². The first-order chi connectivity index (χ1) is 7.58. The van der Waals surface area contributed by atoms with Crippen LogP contribution in [0.2, 0.25) is 0 Å². The molecule has 1 aromatic carbocycles. The molecule has 2 rings (SSSR count). The summed E-state index contributed by atoms with van der Waals surface area (Å²) in [6, 6.07) is 6.10. The third-order valence-corrected chi connectivity index (χ3v) is 2.60. The summed E-state index contributed by atoms with van der Waals surface area (Å²) in [7, 11) is 0. The molecule has 0 saturated carbocycles. The van der Waals surface area contributed by atoms with Crippen LogP contribution in [0.5, 0.6) is 0 Å². The van der Waals surface area contributed by atoms with Gasteiger partial charge >= 0.3 is 5.97 Å². The minimum atomic E-state index is -0.377. The standard InChI is InChI=1S/C13H13NO2/c1-8-4-5-11(9(2)6-8)7-12-10(3)14-16-13(12)15/h4-7H,1-3H3/b12-7+. The highest BCUT2D eigenvalue weighted by Crippen LogP contribution is 2.18. The molecule has 0 saturated heterocycles. The fraction of sp³-hybridized carbons (Fsp3) is 0.231. The largest absolute Gasteiger partial charge is 0.367 e. The Morgan fingerprint density at radius 2 is 2.00 bits per heavy atom. The molecular weight excluding hydrogens is 202 g/mol. The zero-order valence-corrected chi connectivity index (χ0v) is 9.57. The van der Waals surface area contributed by atoms with Gasteiger partial charge in [0.2, 0.25) is 0 Å². The van der Waals surface area contributed by atoms with Gasteiger partial charge in [0.05, 0.1) is 11.3 Å². The van der Waals surface area contributed by atoms with Gasteiger partial charge in [0.25, 0.3) is 0 Å². The van der Waals surface area contributed by atoms with Crippen LogP contribution in [0.1, 0.15) is 23.6 Å². The lowest BCUT2D eigenvalue weighted by atomic mass is 10.0. The van der Waals surface area contributed by atoms with Crippen LogP contribution in [0.25, 0.3) is 6.08 Å². The number of carbonyl (C=O) groups excluding carboxylic acids is 1. The molecule has 0 radical (unpaired) electrons. The first kappa shape index (κ1) is 10.6. The molecule has 0 unspecified atom stereocenters. The molecule has 1 aromatic rings. The number of hydrogen-bond acceptors (Lipinski definition) is 3. The molecule has 16 heavy (non-hydrogen) atoms. The molecule has 1 aliphatic heterocycles. The van der Waals surface area contributed by atoms with E-state index >= 15 is 0 Å². The van der Waals surface area contributed by atoms with E-state index in [-0.39, 0.29) is 5.97 Å². The van der Waals surface area contributed by atoms with Gasteiger partial charge in [-0.15, -0.1) is 0 Å². The highest BCUT2D eigenvalue weighted by molar-refractivity contribution is 6.24. The predicted octanol–water partition coefficient (Wildman–Crippen LogP) is 2.62. The summed E-state index contributed by atoms with van der Waals surface area (Å²) in [5, 5.41) is 3.64. The summed E-state index contributed by atoms with van der Waals surface area (Å²) >= 11 is 0. The summed E-state index contributed by atoms with van der Waals surface area (Å²) in [4.78, 5) is 16.0. The second kappa shape index (κ2) is 3.93. The van der Waals surface area contributed by atoms with Crippen LogP contribution in [0, 0.1) is 13.8 Å². The SMILES string of the molecule is CC1=NOC(=O)/C1=C/c1ccc(C)cc1C. The van der Waals surface area contributed by atoms with E-state index in [1.165, 1.54) is 5.56 Å². The van der Waals surface area contributed by atoms with Gasteiger partial charge in [-0.1, -0.05) is 28.9 Å². The molecule has 3 heteroatoms. The van der Waals surface area contributed by atoms with E-state index in [2.05, 4.69) is 16.1 Å². The number of benzene rings is 1. The van der Waals surface area contributed by atoms with Crippen LogP contribution >= 0.6 is 0 Å². The third-order valence-electron chi connectivity index (χ3n) is 2.60. The molecule has 0 aliphatic carbocycles. The Balaban J connectivity index is 2.43. The Morgan fingerprint density at radius 3 is 2.56 bits per heavy atom. The van der Waals surface area contributed by atoms with Gasteiger partial charge in [-0.3, -0.25) is 0 Å². The molecule has 82 valence electrons. The van der Waals surface area contributed by atoms with Crippen molar-refractivity contribution in [3.63, 3.8) is 0 Å². The van der Waals surface area contributed by atoms with Crippen molar-refractivity contribution < 1.29 is 9.63 Å². The third kappa shape index (κ3) is 1.89. The van der Waals surface area contributed by atoms with Gasteiger partial charge in [-0.2, -0.15) is 0 Å². The average molecular weight is 215 g/mol. The minimum Gasteiger partial charge on any atom is -0.312 e. The molecule has 0 aromatic heterocycles. The van der Waals surface area contributed by atoms with E-state index in [1.807, 2.05) is 32.1 Å². The average Bonchev–Trinajstić information content (AvgIpc) is 2.53. The molecule has 3 nitrogen and oxygen atoms in total. The molecule has 0 spiro atoms. The molecule has 0 bridgehead atoms. The van der Waals surface area contributed by atoms with Crippen molar-refractivity contribution in [3.8, 4) is 0 Å². The highest BCUT2D eigenvalue weighted by atomic mass is 16.7. The van der Waals surface area contributed by atoms with Gasteiger partial charge < -0.3 is 4.84 Å². The Kier molecular flexibility index (Phi) is 2.60. The minimum absolute atomic E-state index is 0.377. The number of hydrogen-bond donors (Lipinski definition) is 0. The molecule has 1 aliphatic rings. The smallest absolute Gasteiger partial charge is 0.312 e. The van der Waals surface area contributed by atoms with E-state index in [0.29, 0.717) is 11.3 Å². The predicted molar refractivity (Wildman–Crippen MR) is 63.1 cm³/mol. The fourth-order valence-electron chi connectivity index (χ4n) is 1.66. The summed E-state index contributed by atoms with van der Waals surface area (Å²) < 4.78 is 0. The lowest BCUT2D eigenvalue weighted by Crippen LogP contribution is -2.02. The van der Waals surface area contributed by atoms with Crippen molar-refractivity contribution >= 4 is 17.8 Å². The maximum Gasteiger partial charge on any atom is 0.367 e. The van der Waals surface area contributed by atoms with E-state index in [9.17, 15) is 4.79 Å². The van der Waals surface area contributed by atoms with Crippen LogP contribution in [0.4, 0.5) is 0 Å². The van der Waals surface area contributed by atoms with Crippen molar-refractivity contribution in [2.75, 3.05) is 0 Å². The van der Waals surface area contributed by atoms with E-state index < -0.39 is 0 Å². The molecular formula is C13H13NO2. The second-order valence-electron chi connectivity index (χ2n) is 3.97. The first-order valence-electron chi connectivity index (χ1n) is 5.13. The number of nitrogens with zero attached hydrogens (tertiary/aromatic N) is 1. The number of rotatable bonds is 1. The van der Waals surface area contributed by atoms with Crippen molar-refractivity contribution in [1.82, 2.24) is 0 Å². The Labute approximate surface area is 94.4 Å². The van der Waals surface area contributed by atoms with Crippen LogP contribution in [0.3, 0.4) is 0 Å². The second-order valence-corrected chi connectivity index (χ2v) is 3.97. The highest BCUT2D eigenvalue weighted by Gasteiger charge is 2.21. The van der Waals surface area contributed by atoms with Crippen molar-refractivity contribution in [3.05, 3.63) is 40.5 Å². The quantitative estimate of drug-likeness (QED) is 0.533. The van der Waals surface area contributed by atoms with Gasteiger partial charge in [-0.05, 0) is 38.0 Å². The maximum atomic E-state index is 11.4. The van der Waals surface area contributed by atoms with Crippen molar-refractivity contribution in [2.45, 2.75) is 20.8 Å². The van der Waals surface area contributed by atoms with E-state index in [0.717, 1.165) is 11.1 Å². The van der Waals surface area contributed by atoms with Crippen LogP contribution in [0.15, 0.2) is 28.9 Å². The van der Waals surface area contributed by atoms with Gasteiger partial charge in [0.15, 0.2) is 0 Å². The first-order valence-corrected chi connectivity index (χ1v) is 5.13. The van der Waals surface area contributed by atoms with Crippen LogP contribution in [-0.4, -0.2) is 11.7 Å². The molecule has 0 atom stereocenters. The van der Waals surface area contributed by atoms with Gasteiger partial charge in [0, 0.05) is 0 Å².